The molecule has 2 aromatic rings. The number of ether oxygens (including phenoxy) is 2. The first-order chi connectivity index (χ1) is 15.7. The first-order valence-electron chi connectivity index (χ1n) is 10.1. The number of methoxy groups -OCH3 is 1. The number of nitrogens with zero attached hydrogens (tertiary/aromatic N) is 1. The summed E-state index contributed by atoms with van der Waals surface area (Å²) >= 11 is 7.06. The summed E-state index contributed by atoms with van der Waals surface area (Å²) in [6.45, 7) is 3.34. The maximum Gasteiger partial charge on any atom is 0.294 e. The minimum atomic E-state index is -0.695. The SMILES string of the molecule is CC[C@H](C)Oc1c(Cl)cc(/C=C2\SC(=O)N(CC(=O)Nc3ccccc3F)C2=O)cc1OC. The lowest BCUT2D eigenvalue weighted by atomic mass is 10.1. The van der Waals surface area contributed by atoms with Gasteiger partial charge in [0, 0.05) is 0 Å². The molecule has 3 rings (SSSR count). The molecular weight excluding hydrogens is 471 g/mol. The second kappa shape index (κ2) is 10.7. The molecule has 2 aromatic carbocycles. The molecule has 1 fully saturated rings. The van der Waals surface area contributed by atoms with Crippen LogP contribution in [0.15, 0.2) is 41.3 Å². The highest BCUT2D eigenvalue weighted by Gasteiger charge is 2.36. The van der Waals surface area contributed by atoms with E-state index in [4.69, 9.17) is 21.1 Å². The van der Waals surface area contributed by atoms with Gasteiger partial charge in [-0.3, -0.25) is 19.3 Å². The zero-order chi connectivity index (χ0) is 24.1. The lowest BCUT2D eigenvalue weighted by Crippen LogP contribution is -2.36. The fraction of sp³-hybridized carbons (Fsp3) is 0.261. The number of rotatable bonds is 8. The molecule has 10 heteroatoms. The molecule has 1 atom stereocenters. The Balaban J connectivity index is 1.77. The Labute approximate surface area is 199 Å². The molecule has 1 saturated heterocycles. The van der Waals surface area contributed by atoms with Crippen LogP contribution in [-0.4, -0.2) is 41.7 Å². The van der Waals surface area contributed by atoms with Crippen LogP contribution in [0.5, 0.6) is 11.5 Å². The molecule has 1 aliphatic rings. The maximum absolute atomic E-state index is 13.7. The predicted molar refractivity (Wildman–Crippen MR) is 126 cm³/mol. The summed E-state index contributed by atoms with van der Waals surface area (Å²) in [7, 11) is 1.47. The Morgan fingerprint density at radius 2 is 2.03 bits per heavy atom. The van der Waals surface area contributed by atoms with Gasteiger partial charge in [-0.1, -0.05) is 30.7 Å². The van der Waals surface area contributed by atoms with E-state index in [1.54, 1.807) is 18.2 Å². The Morgan fingerprint density at radius 1 is 1.30 bits per heavy atom. The molecule has 0 bridgehead atoms. The number of amides is 3. The molecule has 174 valence electrons. The molecule has 1 N–H and O–H groups in total. The minimum absolute atomic E-state index is 0.0357. The average molecular weight is 493 g/mol. The number of carbonyl (C=O) groups is 3. The fourth-order valence-corrected chi connectivity index (χ4v) is 4.01. The number of nitrogens with one attached hydrogen (secondary N) is 1. The van der Waals surface area contributed by atoms with Crippen molar-refractivity contribution in [3.8, 4) is 11.5 Å². The standard InChI is InChI=1S/C23H22ClFN2O5S/c1-4-13(2)32-21-15(24)9-14(10-18(21)31-3)11-19-22(29)27(23(30)33-19)12-20(28)26-17-8-6-5-7-16(17)25/h5-11,13H,4,12H2,1-3H3,(H,26,28)/b19-11-/t13-/m0/s1. The summed E-state index contributed by atoms with van der Waals surface area (Å²) in [5.41, 5.74) is 0.487. The van der Waals surface area contributed by atoms with Gasteiger partial charge >= 0.3 is 0 Å². The third-order valence-corrected chi connectivity index (χ3v) is 5.95. The summed E-state index contributed by atoms with van der Waals surface area (Å²) in [5.74, 6) is -1.17. The van der Waals surface area contributed by atoms with Crippen molar-refractivity contribution in [3.05, 3.63) is 57.7 Å². The van der Waals surface area contributed by atoms with Crippen LogP contribution in [0, 0.1) is 5.82 Å². The van der Waals surface area contributed by atoms with Gasteiger partial charge in [-0.15, -0.1) is 0 Å². The number of halogens is 2. The van der Waals surface area contributed by atoms with Gasteiger partial charge in [0.1, 0.15) is 12.4 Å². The Hall–Kier alpha value is -3.04. The summed E-state index contributed by atoms with van der Waals surface area (Å²) in [6.07, 6.45) is 2.19. The quantitative estimate of drug-likeness (QED) is 0.501. The van der Waals surface area contributed by atoms with Crippen LogP contribution in [0.25, 0.3) is 6.08 Å². The van der Waals surface area contributed by atoms with E-state index in [1.165, 1.54) is 31.4 Å². The van der Waals surface area contributed by atoms with E-state index in [0.29, 0.717) is 33.8 Å². The van der Waals surface area contributed by atoms with E-state index in [0.717, 1.165) is 11.3 Å². The zero-order valence-corrected chi connectivity index (χ0v) is 19.8. The maximum atomic E-state index is 13.7. The monoisotopic (exact) mass is 492 g/mol. The van der Waals surface area contributed by atoms with Crippen molar-refractivity contribution in [1.29, 1.82) is 0 Å². The molecule has 0 aromatic heterocycles. The van der Waals surface area contributed by atoms with Gasteiger partial charge in [-0.25, -0.2) is 4.39 Å². The molecule has 7 nitrogen and oxygen atoms in total. The number of thioether (sulfide) groups is 1. The molecule has 0 aliphatic carbocycles. The average Bonchev–Trinajstić information content (AvgIpc) is 3.04. The Bertz CT molecular complexity index is 1120. The summed E-state index contributed by atoms with van der Waals surface area (Å²) in [6, 6.07) is 8.85. The first-order valence-corrected chi connectivity index (χ1v) is 11.3. The second-order valence-electron chi connectivity index (χ2n) is 7.17. The molecular formula is C23H22ClFN2O5S. The number of hydrogen-bond acceptors (Lipinski definition) is 6. The van der Waals surface area contributed by atoms with Crippen LogP contribution in [0.4, 0.5) is 14.9 Å². The Kier molecular flexibility index (Phi) is 7.99. The smallest absolute Gasteiger partial charge is 0.294 e. The third kappa shape index (κ3) is 5.85. The lowest BCUT2D eigenvalue weighted by molar-refractivity contribution is -0.127. The van der Waals surface area contributed by atoms with Gasteiger partial charge in [0.25, 0.3) is 11.1 Å². The molecule has 1 aliphatic heterocycles. The zero-order valence-electron chi connectivity index (χ0n) is 18.2. The van der Waals surface area contributed by atoms with Crippen LogP contribution in [0.2, 0.25) is 5.02 Å². The minimum Gasteiger partial charge on any atom is -0.493 e. The largest absolute Gasteiger partial charge is 0.493 e. The summed E-state index contributed by atoms with van der Waals surface area (Å²) in [5, 5.41) is 2.04. The van der Waals surface area contributed by atoms with Gasteiger partial charge in [0.15, 0.2) is 11.5 Å². The highest BCUT2D eigenvalue weighted by molar-refractivity contribution is 8.18. The van der Waals surface area contributed by atoms with Crippen molar-refractivity contribution >= 4 is 52.2 Å². The molecule has 1 heterocycles. The van der Waals surface area contributed by atoms with E-state index in [9.17, 15) is 18.8 Å². The van der Waals surface area contributed by atoms with Gasteiger partial charge in [0.2, 0.25) is 5.91 Å². The summed E-state index contributed by atoms with van der Waals surface area (Å²) in [4.78, 5) is 38.3. The van der Waals surface area contributed by atoms with Crippen LogP contribution < -0.4 is 14.8 Å². The van der Waals surface area contributed by atoms with Crippen LogP contribution in [0.1, 0.15) is 25.8 Å². The van der Waals surface area contributed by atoms with E-state index < -0.39 is 29.4 Å². The first kappa shape index (κ1) is 24.6. The van der Waals surface area contributed by atoms with Crippen molar-refractivity contribution < 1.29 is 28.2 Å². The number of benzene rings is 2. The molecule has 0 saturated carbocycles. The van der Waals surface area contributed by atoms with Crippen LogP contribution in [-0.2, 0) is 9.59 Å². The number of hydrogen-bond donors (Lipinski definition) is 1. The molecule has 3 amide bonds. The molecule has 0 unspecified atom stereocenters. The topological polar surface area (TPSA) is 84.9 Å². The second-order valence-corrected chi connectivity index (χ2v) is 8.57. The number of carbonyl (C=O) groups excluding carboxylic acids is 3. The molecule has 33 heavy (non-hydrogen) atoms. The Morgan fingerprint density at radius 3 is 2.70 bits per heavy atom. The van der Waals surface area contributed by atoms with Gasteiger partial charge < -0.3 is 14.8 Å². The van der Waals surface area contributed by atoms with Crippen LogP contribution >= 0.6 is 23.4 Å². The fourth-order valence-electron chi connectivity index (χ4n) is 2.91. The van der Waals surface area contributed by atoms with Gasteiger partial charge in [-0.05, 0) is 61.0 Å². The highest BCUT2D eigenvalue weighted by Crippen LogP contribution is 2.39. The van der Waals surface area contributed by atoms with Gasteiger partial charge in [0.05, 0.1) is 28.8 Å². The summed E-state index contributed by atoms with van der Waals surface area (Å²) < 4.78 is 24.9. The van der Waals surface area contributed by atoms with Crippen molar-refractivity contribution in [2.24, 2.45) is 0 Å². The third-order valence-electron chi connectivity index (χ3n) is 4.77. The van der Waals surface area contributed by atoms with Crippen molar-refractivity contribution in [2.75, 3.05) is 19.0 Å². The van der Waals surface area contributed by atoms with E-state index in [1.807, 2.05) is 13.8 Å². The highest BCUT2D eigenvalue weighted by atomic mass is 35.5. The number of imide groups is 1. The van der Waals surface area contributed by atoms with Crippen molar-refractivity contribution in [2.45, 2.75) is 26.4 Å². The predicted octanol–water partition coefficient (Wildman–Crippen LogP) is 5.34. The number of para-hydroxylation sites is 1. The van der Waals surface area contributed by atoms with Crippen molar-refractivity contribution in [3.63, 3.8) is 0 Å². The van der Waals surface area contributed by atoms with E-state index in [-0.39, 0.29) is 16.7 Å². The normalized spacial score (nSPS) is 15.7. The molecule has 0 radical (unpaired) electrons. The van der Waals surface area contributed by atoms with E-state index >= 15 is 0 Å². The van der Waals surface area contributed by atoms with Gasteiger partial charge in [-0.2, -0.15) is 0 Å². The van der Waals surface area contributed by atoms with Crippen molar-refractivity contribution in [1.82, 2.24) is 4.90 Å². The molecule has 0 spiro atoms. The van der Waals surface area contributed by atoms with E-state index in [2.05, 4.69) is 5.32 Å². The number of anilines is 1. The lowest BCUT2D eigenvalue weighted by Gasteiger charge is -2.17. The van der Waals surface area contributed by atoms with Crippen LogP contribution in [0.3, 0.4) is 0 Å².